The van der Waals surface area contributed by atoms with E-state index in [9.17, 15) is 19.8 Å². The first-order valence-corrected chi connectivity index (χ1v) is 16.1. The Bertz CT molecular complexity index is 1340. The van der Waals surface area contributed by atoms with Crippen LogP contribution in [0.5, 0.6) is 0 Å². The molecule has 0 saturated carbocycles. The van der Waals surface area contributed by atoms with E-state index in [0.717, 1.165) is 31.8 Å². The molecule has 240 valence electrons. The quantitative estimate of drug-likeness (QED) is 0.265. The molecule has 8 heteroatoms. The van der Waals surface area contributed by atoms with Crippen LogP contribution in [-0.2, 0) is 20.9 Å². The average molecular weight is 606 g/mol. The molecule has 0 aliphatic carbocycles. The summed E-state index contributed by atoms with van der Waals surface area (Å²) in [5.74, 6) is -0.920. The first-order valence-electron chi connectivity index (χ1n) is 16.1. The number of nitrogens with zero attached hydrogens (tertiary/aromatic N) is 3. The summed E-state index contributed by atoms with van der Waals surface area (Å²) in [6.45, 7) is 14.7. The molecule has 2 fully saturated rings. The Labute approximate surface area is 262 Å². The van der Waals surface area contributed by atoms with E-state index in [1.54, 1.807) is 4.90 Å². The lowest BCUT2D eigenvalue weighted by atomic mass is 9.83. The van der Waals surface area contributed by atoms with Gasteiger partial charge in [0.25, 0.3) is 0 Å². The number of hydrogen-bond donors (Lipinski definition) is 2. The maximum absolute atomic E-state index is 12.6. The highest BCUT2D eigenvalue weighted by Gasteiger charge is 2.50. The van der Waals surface area contributed by atoms with E-state index in [-0.39, 0.29) is 18.5 Å². The zero-order valence-corrected chi connectivity index (χ0v) is 27.2. The second-order valence-corrected chi connectivity index (χ2v) is 13.6. The predicted octanol–water partition coefficient (Wildman–Crippen LogP) is 6.17. The lowest BCUT2D eigenvalue weighted by Gasteiger charge is -2.51. The third kappa shape index (κ3) is 8.36. The van der Waals surface area contributed by atoms with E-state index in [1.165, 1.54) is 27.1 Å². The van der Waals surface area contributed by atoms with E-state index >= 15 is 0 Å². The van der Waals surface area contributed by atoms with Gasteiger partial charge in [0, 0.05) is 38.8 Å². The molecular weight excluding hydrogens is 554 g/mol. The number of carboxylic acid groups (broad SMARTS) is 2. The summed E-state index contributed by atoms with van der Waals surface area (Å²) in [4.78, 5) is 30.4. The summed E-state index contributed by atoms with van der Waals surface area (Å²) in [6, 6.07) is 19.5. The molecule has 0 radical (unpaired) electrons. The van der Waals surface area contributed by atoms with Crippen LogP contribution in [0.3, 0.4) is 0 Å². The lowest BCUT2D eigenvalue weighted by Crippen LogP contribution is -2.69. The molecule has 0 aromatic heterocycles. The Morgan fingerprint density at radius 2 is 1.45 bits per heavy atom. The highest BCUT2D eigenvalue weighted by molar-refractivity contribution is 6.02. The predicted molar refractivity (Wildman–Crippen MR) is 177 cm³/mol. The fraction of sp³-hybridized carbons (Fsp3) is 0.556. The maximum atomic E-state index is 12.6. The molecule has 2 aliphatic heterocycles. The van der Waals surface area contributed by atoms with Gasteiger partial charge in [0.1, 0.15) is 5.54 Å². The van der Waals surface area contributed by atoms with E-state index in [2.05, 4.69) is 85.2 Å². The van der Waals surface area contributed by atoms with Crippen molar-refractivity contribution in [3.8, 4) is 0 Å². The molecule has 1 atom stereocenters. The van der Waals surface area contributed by atoms with Crippen LogP contribution in [-0.4, -0.2) is 94.4 Å². The van der Waals surface area contributed by atoms with E-state index < -0.39 is 17.5 Å². The van der Waals surface area contributed by atoms with Crippen molar-refractivity contribution in [2.45, 2.75) is 72.1 Å². The lowest BCUT2D eigenvalue weighted by molar-refractivity contribution is -0.163. The third-order valence-corrected chi connectivity index (χ3v) is 8.67. The molecule has 8 nitrogen and oxygen atoms in total. The summed E-state index contributed by atoms with van der Waals surface area (Å²) in [5, 5.41) is 24.7. The molecule has 2 aliphatic rings. The average Bonchev–Trinajstić information content (AvgIpc) is 2.97. The monoisotopic (exact) mass is 605 g/mol. The number of carboxylic acids is 2. The minimum Gasteiger partial charge on any atom is -0.480 e. The number of likely N-dealkylation sites (tertiary alicyclic amines) is 1. The first-order chi connectivity index (χ1) is 21.0. The normalized spacial score (nSPS) is 20.7. The molecule has 2 N–H and O–H groups in total. The second kappa shape index (κ2) is 15.3. The molecule has 5 rings (SSSR count). The van der Waals surface area contributed by atoms with Gasteiger partial charge in [0.15, 0.2) is 0 Å². The summed E-state index contributed by atoms with van der Waals surface area (Å²) in [5.41, 5.74) is 0.0460. The van der Waals surface area contributed by atoms with Crippen molar-refractivity contribution in [1.82, 2.24) is 14.7 Å². The van der Waals surface area contributed by atoms with E-state index in [0.29, 0.717) is 39.4 Å². The van der Waals surface area contributed by atoms with Crippen molar-refractivity contribution in [2.75, 3.05) is 46.0 Å². The van der Waals surface area contributed by atoms with Crippen molar-refractivity contribution in [3.63, 3.8) is 0 Å². The molecule has 0 amide bonds. The van der Waals surface area contributed by atoms with Crippen LogP contribution in [0.1, 0.15) is 59.4 Å². The zero-order valence-electron chi connectivity index (χ0n) is 27.2. The minimum atomic E-state index is -1.17. The van der Waals surface area contributed by atoms with Crippen LogP contribution in [0.15, 0.2) is 54.6 Å². The number of benzene rings is 3. The number of piperidine rings is 1. The van der Waals surface area contributed by atoms with Gasteiger partial charge in [-0.25, -0.2) is 0 Å². The molecule has 0 bridgehead atoms. The minimum absolute atomic E-state index is 0.144. The highest BCUT2D eigenvalue weighted by atomic mass is 16.5. The Hall–Kier alpha value is -3.04. The van der Waals surface area contributed by atoms with Crippen LogP contribution < -0.4 is 0 Å². The van der Waals surface area contributed by atoms with Gasteiger partial charge in [0.05, 0.1) is 19.9 Å². The van der Waals surface area contributed by atoms with Crippen LogP contribution in [0.2, 0.25) is 0 Å². The largest absolute Gasteiger partial charge is 0.480 e. The molecular formula is C36H51N3O5. The molecule has 2 heterocycles. The smallest absolute Gasteiger partial charge is 0.325 e. The van der Waals surface area contributed by atoms with Gasteiger partial charge in [0.2, 0.25) is 0 Å². The van der Waals surface area contributed by atoms with Gasteiger partial charge in [-0.2, -0.15) is 0 Å². The Morgan fingerprint density at radius 1 is 0.886 bits per heavy atom. The van der Waals surface area contributed by atoms with Gasteiger partial charge in [-0.15, -0.1) is 0 Å². The number of piperazine rings is 1. The highest BCUT2D eigenvalue weighted by Crippen LogP contribution is 2.33. The van der Waals surface area contributed by atoms with E-state index in [1.807, 2.05) is 13.8 Å². The summed E-state index contributed by atoms with van der Waals surface area (Å²) >= 11 is 0. The van der Waals surface area contributed by atoms with Gasteiger partial charge >= 0.3 is 11.9 Å². The number of fused-ring (bicyclic) bond motifs is 2. The first kappa shape index (κ1) is 33.8. The van der Waals surface area contributed by atoms with Gasteiger partial charge in [-0.3, -0.25) is 24.3 Å². The van der Waals surface area contributed by atoms with E-state index in [4.69, 9.17) is 4.74 Å². The number of rotatable bonds is 10. The summed E-state index contributed by atoms with van der Waals surface area (Å²) < 4.78 is 6.29. The van der Waals surface area contributed by atoms with Crippen LogP contribution in [0, 0.1) is 11.8 Å². The maximum Gasteiger partial charge on any atom is 0.325 e. The summed E-state index contributed by atoms with van der Waals surface area (Å²) in [6.07, 6.45) is 2.31. The Balaban J connectivity index is 0.00000104. The zero-order chi connectivity index (χ0) is 31.9. The number of ether oxygens (including phenoxy) is 1. The van der Waals surface area contributed by atoms with Gasteiger partial charge in [-0.1, -0.05) is 83.1 Å². The molecule has 2 saturated heterocycles. The molecule has 1 unspecified atom stereocenters. The van der Waals surface area contributed by atoms with Crippen LogP contribution in [0.4, 0.5) is 0 Å². The fourth-order valence-electron chi connectivity index (χ4n) is 6.80. The number of aliphatic carboxylic acids is 2. The topological polar surface area (TPSA) is 93.6 Å². The second-order valence-electron chi connectivity index (χ2n) is 13.6. The molecule has 3 aromatic rings. The SMILES string of the molecule is CC(C)C.CC(C)CC1(C(=O)O)CN(C2CCN(COCc3c4ccccc4cc4ccccc34)CC2)CCN1CC(=O)O. The molecule has 0 spiro atoms. The molecule has 3 aromatic carbocycles. The Kier molecular flexibility index (Phi) is 11.8. The van der Waals surface area contributed by atoms with Crippen LogP contribution in [0.25, 0.3) is 21.5 Å². The van der Waals surface area contributed by atoms with Gasteiger partial charge in [-0.05, 0) is 64.3 Å². The number of hydrogen-bond acceptors (Lipinski definition) is 6. The third-order valence-electron chi connectivity index (χ3n) is 8.67. The van der Waals surface area contributed by atoms with Crippen LogP contribution >= 0.6 is 0 Å². The van der Waals surface area contributed by atoms with Crippen molar-refractivity contribution >= 4 is 33.5 Å². The standard InChI is InChI=1S/C32H41N3O5.C4H10/c1-23(2)18-32(31(38)39)21-34(15-16-35(32)19-30(36)37)26-11-13-33(14-12-26)22-40-20-29-27-9-5-3-7-24(27)17-25-8-4-6-10-28(25)29;1-4(2)3/h3-10,17,23,26H,11-16,18-22H2,1-2H3,(H,36,37)(H,38,39);4H,1-3H3. The molecule has 44 heavy (non-hydrogen) atoms. The Morgan fingerprint density at radius 3 is 1.98 bits per heavy atom. The summed E-state index contributed by atoms with van der Waals surface area (Å²) in [7, 11) is 0. The van der Waals surface area contributed by atoms with Gasteiger partial charge < -0.3 is 14.9 Å². The van der Waals surface area contributed by atoms with Crippen molar-refractivity contribution in [1.29, 1.82) is 0 Å². The fourth-order valence-corrected chi connectivity index (χ4v) is 6.80. The number of carbonyl (C=O) groups is 2. The van der Waals surface area contributed by atoms with Crippen molar-refractivity contribution in [2.24, 2.45) is 11.8 Å². The van der Waals surface area contributed by atoms with Crippen molar-refractivity contribution < 1.29 is 24.5 Å². The van der Waals surface area contributed by atoms with Crippen molar-refractivity contribution in [3.05, 3.63) is 60.2 Å².